The van der Waals surface area contributed by atoms with Crippen LogP contribution in [0, 0.1) is 0 Å². The maximum Gasteiger partial charge on any atom is 0.337 e. The molecular formula is C28H24N4O5. The number of rotatable bonds is 7. The van der Waals surface area contributed by atoms with Crippen molar-refractivity contribution in [3.05, 3.63) is 107 Å². The van der Waals surface area contributed by atoms with Crippen LogP contribution in [-0.2, 0) is 22.5 Å². The summed E-state index contributed by atoms with van der Waals surface area (Å²) in [7, 11) is 1.24. The summed E-state index contributed by atoms with van der Waals surface area (Å²) in [6.07, 6.45) is 1.92. The Kier molecular flexibility index (Phi) is 6.42. The second-order valence-corrected chi connectivity index (χ2v) is 8.60. The number of hydrazine groups is 1. The number of hydrogen-bond donors (Lipinski definition) is 2. The molecule has 0 radical (unpaired) electrons. The SMILES string of the molecule is COC(=O)C(Cc1c[nH]c2ccccc12)NC(=O)N(Cc1ccccc1)N1C(=O)c2ccccc2C1=O. The van der Waals surface area contributed by atoms with Crippen molar-refractivity contribution in [2.24, 2.45) is 0 Å². The fraction of sp³-hybridized carbons (Fsp3) is 0.143. The van der Waals surface area contributed by atoms with E-state index in [2.05, 4.69) is 10.3 Å². The lowest BCUT2D eigenvalue weighted by atomic mass is 10.1. The highest BCUT2D eigenvalue weighted by atomic mass is 16.5. The van der Waals surface area contributed by atoms with E-state index in [-0.39, 0.29) is 24.1 Å². The molecule has 1 aromatic heterocycles. The first-order chi connectivity index (χ1) is 18.0. The second-order valence-electron chi connectivity index (χ2n) is 8.60. The van der Waals surface area contributed by atoms with Crippen LogP contribution in [0.25, 0.3) is 10.9 Å². The highest BCUT2D eigenvalue weighted by Crippen LogP contribution is 2.26. The van der Waals surface area contributed by atoms with Crippen LogP contribution < -0.4 is 5.32 Å². The fourth-order valence-corrected chi connectivity index (χ4v) is 4.47. The third kappa shape index (κ3) is 4.54. The molecule has 9 nitrogen and oxygen atoms in total. The molecule has 2 heterocycles. The summed E-state index contributed by atoms with van der Waals surface area (Å²) < 4.78 is 4.96. The van der Waals surface area contributed by atoms with E-state index in [1.165, 1.54) is 7.11 Å². The molecule has 1 aliphatic heterocycles. The summed E-state index contributed by atoms with van der Waals surface area (Å²) >= 11 is 0. The number of nitrogens with one attached hydrogen (secondary N) is 2. The third-order valence-electron chi connectivity index (χ3n) is 6.31. The van der Waals surface area contributed by atoms with Crippen LogP contribution in [0.3, 0.4) is 0 Å². The maximum absolute atomic E-state index is 13.7. The van der Waals surface area contributed by atoms with Crippen molar-refractivity contribution in [2.75, 3.05) is 7.11 Å². The molecule has 4 aromatic rings. The Morgan fingerprint density at radius 1 is 0.919 bits per heavy atom. The second kappa shape index (κ2) is 9.98. The molecule has 1 aliphatic rings. The van der Waals surface area contributed by atoms with E-state index in [4.69, 9.17) is 4.74 Å². The lowest BCUT2D eigenvalue weighted by Crippen LogP contribution is -2.56. The van der Waals surface area contributed by atoms with Gasteiger partial charge in [-0.1, -0.05) is 60.7 Å². The van der Waals surface area contributed by atoms with Gasteiger partial charge in [0, 0.05) is 23.5 Å². The van der Waals surface area contributed by atoms with Crippen LogP contribution in [-0.4, -0.2) is 52.0 Å². The van der Waals surface area contributed by atoms with E-state index in [1.807, 2.05) is 30.3 Å². The molecule has 0 bridgehead atoms. The molecule has 186 valence electrons. The Labute approximate surface area is 212 Å². The molecule has 0 spiro atoms. The number of carbonyl (C=O) groups excluding carboxylic acids is 4. The van der Waals surface area contributed by atoms with Crippen molar-refractivity contribution in [1.29, 1.82) is 0 Å². The smallest absolute Gasteiger partial charge is 0.337 e. The van der Waals surface area contributed by atoms with E-state index in [0.717, 1.165) is 26.5 Å². The largest absolute Gasteiger partial charge is 0.467 e. The molecule has 5 rings (SSSR count). The van der Waals surface area contributed by atoms with Gasteiger partial charge < -0.3 is 15.0 Å². The first-order valence-corrected chi connectivity index (χ1v) is 11.7. The van der Waals surface area contributed by atoms with E-state index < -0.39 is 29.9 Å². The summed E-state index contributed by atoms with van der Waals surface area (Å²) in [5.74, 6) is -1.88. The number of ether oxygens (including phenoxy) is 1. The average molecular weight is 497 g/mol. The van der Waals surface area contributed by atoms with Gasteiger partial charge in [-0.3, -0.25) is 9.59 Å². The van der Waals surface area contributed by atoms with Gasteiger partial charge in [-0.15, -0.1) is 0 Å². The standard InChI is InChI=1S/C28H24N4O5/c1-37-27(35)24(15-19-16-29-23-14-8-7-11-20(19)23)30-28(36)31(17-18-9-3-2-4-10-18)32-25(33)21-12-5-6-13-22(21)26(32)34/h2-14,16,24,29H,15,17H2,1H3,(H,30,36). The molecule has 4 amide bonds. The van der Waals surface area contributed by atoms with Gasteiger partial charge in [0.25, 0.3) is 11.8 Å². The first kappa shape index (κ1) is 23.8. The number of hydrogen-bond acceptors (Lipinski definition) is 5. The van der Waals surface area contributed by atoms with Gasteiger partial charge in [0.15, 0.2) is 0 Å². The number of nitrogens with zero attached hydrogens (tertiary/aromatic N) is 2. The van der Waals surface area contributed by atoms with Crippen molar-refractivity contribution in [1.82, 2.24) is 20.3 Å². The quantitative estimate of drug-likeness (QED) is 0.300. The topological polar surface area (TPSA) is 112 Å². The number of methoxy groups -OCH3 is 1. The number of carbonyl (C=O) groups is 4. The average Bonchev–Trinajstić information content (AvgIpc) is 3.45. The van der Waals surface area contributed by atoms with Crippen LogP contribution in [0.5, 0.6) is 0 Å². The molecule has 0 fully saturated rings. The molecule has 0 aliphatic carbocycles. The molecule has 2 N–H and O–H groups in total. The lowest BCUT2D eigenvalue weighted by Gasteiger charge is -2.31. The van der Waals surface area contributed by atoms with Crippen molar-refractivity contribution in [2.45, 2.75) is 19.0 Å². The monoisotopic (exact) mass is 496 g/mol. The number of fused-ring (bicyclic) bond motifs is 2. The van der Waals surface area contributed by atoms with Crippen molar-refractivity contribution in [3.63, 3.8) is 0 Å². The Balaban J connectivity index is 1.46. The molecule has 9 heteroatoms. The zero-order chi connectivity index (χ0) is 25.9. The van der Waals surface area contributed by atoms with E-state index >= 15 is 0 Å². The van der Waals surface area contributed by atoms with Gasteiger partial charge in [-0.25, -0.2) is 14.6 Å². The van der Waals surface area contributed by atoms with E-state index in [0.29, 0.717) is 5.56 Å². The number of urea groups is 1. The molecule has 0 saturated carbocycles. The number of benzene rings is 3. The number of imide groups is 1. The third-order valence-corrected chi connectivity index (χ3v) is 6.31. The summed E-state index contributed by atoms with van der Waals surface area (Å²) in [6, 6.07) is 21.1. The van der Waals surface area contributed by atoms with E-state index in [9.17, 15) is 19.2 Å². The van der Waals surface area contributed by atoms with Crippen LogP contribution >= 0.6 is 0 Å². The highest BCUT2D eigenvalue weighted by Gasteiger charge is 2.42. The van der Waals surface area contributed by atoms with Crippen molar-refractivity contribution in [3.8, 4) is 0 Å². The van der Waals surface area contributed by atoms with Gasteiger partial charge in [0.1, 0.15) is 6.04 Å². The number of esters is 1. The minimum absolute atomic E-state index is 0.0703. The number of amides is 4. The predicted molar refractivity (Wildman–Crippen MR) is 135 cm³/mol. The van der Waals surface area contributed by atoms with Crippen molar-refractivity contribution < 1.29 is 23.9 Å². The number of para-hydroxylation sites is 1. The Morgan fingerprint density at radius 3 is 2.22 bits per heavy atom. The molecule has 1 unspecified atom stereocenters. The predicted octanol–water partition coefficient (Wildman–Crippen LogP) is 3.68. The molecular weight excluding hydrogens is 472 g/mol. The normalized spacial score (nSPS) is 13.4. The highest BCUT2D eigenvalue weighted by molar-refractivity contribution is 6.21. The van der Waals surface area contributed by atoms with Crippen LogP contribution in [0.4, 0.5) is 4.79 Å². The lowest BCUT2D eigenvalue weighted by molar-refractivity contribution is -0.142. The van der Waals surface area contributed by atoms with E-state index in [1.54, 1.807) is 54.7 Å². The Bertz CT molecular complexity index is 1460. The van der Waals surface area contributed by atoms with Gasteiger partial charge >= 0.3 is 12.0 Å². The van der Waals surface area contributed by atoms with Gasteiger partial charge in [0.2, 0.25) is 0 Å². The minimum Gasteiger partial charge on any atom is -0.467 e. The molecule has 3 aromatic carbocycles. The Hall–Kier alpha value is -4.92. The summed E-state index contributed by atoms with van der Waals surface area (Å²) in [6.45, 7) is -0.0703. The summed E-state index contributed by atoms with van der Waals surface area (Å²) in [5.41, 5.74) is 2.81. The fourth-order valence-electron chi connectivity index (χ4n) is 4.47. The van der Waals surface area contributed by atoms with Crippen LogP contribution in [0.1, 0.15) is 31.8 Å². The summed E-state index contributed by atoms with van der Waals surface area (Å²) in [5, 5.41) is 5.46. The molecule has 37 heavy (non-hydrogen) atoms. The molecule has 1 atom stereocenters. The van der Waals surface area contributed by atoms with Crippen LogP contribution in [0.2, 0.25) is 0 Å². The summed E-state index contributed by atoms with van der Waals surface area (Å²) in [4.78, 5) is 55.9. The first-order valence-electron chi connectivity index (χ1n) is 11.7. The minimum atomic E-state index is -1.06. The zero-order valence-corrected chi connectivity index (χ0v) is 20.0. The number of aromatic amines is 1. The Morgan fingerprint density at radius 2 is 1.54 bits per heavy atom. The number of H-pyrrole nitrogens is 1. The number of aromatic nitrogens is 1. The maximum atomic E-state index is 13.7. The van der Waals surface area contributed by atoms with Gasteiger partial charge in [-0.2, -0.15) is 5.01 Å². The zero-order valence-electron chi connectivity index (χ0n) is 20.0. The molecule has 0 saturated heterocycles. The van der Waals surface area contributed by atoms with Crippen LogP contribution in [0.15, 0.2) is 85.1 Å². The van der Waals surface area contributed by atoms with Crippen molar-refractivity contribution >= 4 is 34.7 Å². The van der Waals surface area contributed by atoms with Gasteiger partial charge in [0.05, 0.1) is 24.8 Å². The van der Waals surface area contributed by atoms with Gasteiger partial charge in [-0.05, 0) is 29.3 Å².